The molecular formula is C14H11N5O2S2. The standard InChI is InChI=1S/C14H11N5O2S2/c15-6-10-3-5-22-13(10)17-12(20)8-23-14-18-16-9-19(14)7-11-2-1-4-21-11/h1-5,9H,7-8H2,(H,17,20). The van der Waals surface area contributed by atoms with Crippen LogP contribution in [0.15, 0.2) is 45.7 Å². The molecule has 3 rings (SSSR count). The summed E-state index contributed by atoms with van der Waals surface area (Å²) >= 11 is 2.60. The molecule has 3 aromatic rings. The van der Waals surface area contributed by atoms with Gasteiger partial charge in [-0.1, -0.05) is 11.8 Å². The van der Waals surface area contributed by atoms with E-state index in [-0.39, 0.29) is 11.7 Å². The monoisotopic (exact) mass is 345 g/mol. The van der Waals surface area contributed by atoms with Gasteiger partial charge >= 0.3 is 0 Å². The number of thiophene rings is 1. The maximum atomic E-state index is 12.0. The Balaban J connectivity index is 1.57. The molecule has 23 heavy (non-hydrogen) atoms. The van der Waals surface area contributed by atoms with Crippen LogP contribution in [0.1, 0.15) is 11.3 Å². The van der Waals surface area contributed by atoms with Crippen molar-refractivity contribution < 1.29 is 9.21 Å². The van der Waals surface area contributed by atoms with Crippen LogP contribution in [0.3, 0.4) is 0 Å². The summed E-state index contributed by atoms with van der Waals surface area (Å²) < 4.78 is 7.10. The first-order valence-electron chi connectivity index (χ1n) is 6.56. The minimum atomic E-state index is -0.193. The van der Waals surface area contributed by atoms with Gasteiger partial charge in [0.15, 0.2) is 5.16 Å². The maximum absolute atomic E-state index is 12.0. The van der Waals surface area contributed by atoms with E-state index in [1.54, 1.807) is 24.0 Å². The summed E-state index contributed by atoms with van der Waals surface area (Å²) in [5, 5.41) is 22.5. The van der Waals surface area contributed by atoms with E-state index in [2.05, 4.69) is 15.5 Å². The lowest BCUT2D eigenvalue weighted by Gasteiger charge is -2.05. The van der Waals surface area contributed by atoms with E-state index < -0.39 is 0 Å². The van der Waals surface area contributed by atoms with E-state index in [0.717, 1.165) is 5.76 Å². The number of thioether (sulfide) groups is 1. The molecule has 0 unspecified atom stereocenters. The second-order valence-corrected chi connectivity index (χ2v) is 6.29. The highest BCUT2D eigenvalue weighted by Gasteiger charge is 2.12. The third-order valence-corrected chi connectivity index (χ3v) is 4.67. The molecule has 0 fully saturated rings. The Morgan fingerprint density at radius 2 is 2.43 bits per heavy atom. The van der Waals surface area contributed by atoms with Crippen molar-refractivity contribution >= 4 is 34.0 Å². The van der Waals surface area contributed by atoms with Gasteiger partial charge in [-0.3, -0.25) is 4.79 Å². The van der Waals surface area contributed by atoms with Crippen LogP contribution in [0, 0.1) is 11.3 Å². The molecule has 0 atom stereocenters. The summed E-state index contributed by atoms with van der Waals surface area (Å²) in [5.41, 5.74) is 0.467. The van der Waals surface area contributed by atoms with Gasteiger partial charge in [-0.15, -0.1) is 21.5 Å². The Labute approximate surface area is 139 Å². The smallest absolute Gasteiger partial charge is 0.235 e. The van der Waals surface area contributed by atoms with E-state index >= 15 is 0 Å². The zero-order chi connectivity index (χ0) is 16.1. The Bertz CT molecular complexity index is 832. The van der Waals surface area contributed by atoms with E-state index in [1.165, 1.54) is 23.1 Å². The number of furan rings is 1. The van der Waals surface area contributed by atoms with Gasteiger partial charge < -0.3 is 14.3 Å². The number of hydrogen-bond acceptors (Lipinski definition) is 7. The van der Waals surface area contributed by atoms with Crippen molar-refractivity contribution in [3.8, 4) is 6.07 Å². The van der Waals surface area contributed by atoms with Crippen molar-refractivity contribution in [3.63, 3.8) is 0 Å². The van der Waals surface area contributed by atoms with Crippen LogP contribution in [-0.2, 0) is 11.3 Å². The molecule has 0 radical (unpaired) electrons. The zero-order valence-corrected chi connectivity index (χ0v) is 13.4. The number of nitrogens with one attached hydrogen (secondary N) is 1. The molecule has 7 nitrogen and oxygen atoms in total. The average Bonchev–Trinajstić information content (AvgIpc) is 3.28. The summed E-state index contributed by atoms with van der Waals surface area (Å²) in [4.78, 5) is 12.0. The van der Waals surface area contributed by atoms with E-state index in [0.29, 0.717) is 22.3 Å². The lowest BCUT2D eigenvalue weighted by molar-refractivity contribution is -0.113. The number of hydrogen-bond donors (Lipinski definition) is 1. The number of carbonyl (C=O) groups is 1. The van der Waals surface area contributed by atoms with Gasteiger partial charge in [0.05, 0.1) is 24.1 Å². The van der Waals surface area contributed by atoms with Gasteiger partial charge in [0, 0.05) is 0 Å². The van der Waals surface area contributed by atoms with Gasteiger partial charge in [0.2, 0.25) is 5.91 Å². The third kappa shape index (κ3) is 3.80. The van der Waals surface area contributed by atoms with Crippen molar-refractivity contribution in [2.24, 2.45) is 0 Å². The van der Waals surface area contributed by atoms with Crippen LogP contribution < -0.4 is 5.32 Å². The predicted molar refractivity (Wildman–Crippen MR) is 86.2 cm³/mol. The number of amides is 1. The number of nitriles is 1. The second kappa shape index (κ2) is 7.13. The van der Waals surface area contributed by atoms with Crippen LogP contribution in [0.2, 0.25) is 0 Å². The number of rotatable bonds is 6. The van der Waals surface area contributed by atoms with E-state index in [1.807, 2.05) is 22.8 Å². The Hall–Kier alpha value is -2.57. The molecule has 3 aromatic heterocycles. The van der Waals surface area contributed by atoms with E-state index in [9.17, 15) is 4.79 Å². The number of carbonyl (C=O) groups excluding carboxylic acids is 1. The topological polar surface area (TPSA) is 96.7 Å². The molecule has 0 saturated heterocycles. The predicted octanol–water partition coefficient (Wildman–Crippen LogP) is 2.58. The molecule has 116 valence electrons. The number of aromatic nitrogens is 3. The molecule has 0 bridgehead atoms. The van der Waals surface area contributed by atoms with Gasteiger partial charge in [-0.05, 0) is 23.6 Å². The fraction of sp³-hybridized carbons (Fsp3) is 0.143. The first-order chi connectivity index (χ1) is 11.3. The Morgan fingerprint density at radius 3 is 3.22 bits per heavy atom. The summed E-state index contributed by atoms with van der Waals surface area (Å²) in [6.45, 7) is 0.507. The van der Waals surface area contributed by atoms with Crippen molar-refractivity contribution in [2.45, 2.75) is 11.7 Å². The first-order valence-corrected chi connectivity index (χ1v) is 8.43. The highest BCUT2D eigenvalue weighted by Crippen LogP contribution is 2.23. The average molecular weight is 345 g/mol. The van der Waals surface area contributed by atoms with E-state index in [4.69, 9.17) is 9.68 Å². The zero-order valence-electron chi connectivity index (χ0n) is 11.8. The normalized spacial score (nSPS) is 10.4. The first kappa shape index (κ1) is 15.3. The number of nitrogens with zero attached hydrogens (tertiary/aromatic N) is 4. The molecular weight excluding hydrogens is 334 g/mol. The Morgan fingerprint density at radius 1 is 1.52 bits per heavy atom. The quantitative estimate of drug-likeness (QED) is 0.690. The number of anilines is 1. The molecule has 0 aliphatic carbocycles. The molecule has 0 spiro atoms. The van der Waals surface area contributed by atoms with Gasteiger partial charge in [-0.25, -0.2) is 0 Å². The van der Waals surface area contributed by atoms with Crippen molar-refractivity contribution in [3.05, 3.63) is 47.5 Å². The Kier molecular flexibility index (Phi) is 4.75. The minimum Gasteiger partial charge on any atom is -0.467 e. The largest absolute Gasteiger partial charge is 0.467 e. The highest BCUT2D eigenvalue weighted by molar-refractivity contribution is 7.99. The molecule has 0 aliphatic heterocycles. The van der Waals surface area contributed by atoms with Crippen molar-refractivity contribution in [1.29, 1.82) is 5.26 Å². The molecule has 1 N–H and O–H groups in total. The highest BCUT2D eigenvalue weighted by atomic mass is 32.2. The molecule has 0 aromatic carbocycles. The van der Waals surface area contributed by atoms with Crippen LogP contribution in [-0.4, -0.2) is 26.4 Å². The molecule has 0 aliphatic rings. The summed E-state index contributed by atoms with van der Waals surface area (Å²) in [7, 11) is 0. The molecule has 0 saturated carbocycles. The fourth-order valence-electron chi connectivity index (χ4n) is 1.82. The van der Waals surface area contributed by atoms with Gasteiger partial charge in [0.25, 0.3) is 0 Å². The molecule has 3 heterocycles. The van der Waals surface area contributed by atoms with Gasteiger partial charge in [-0.2, -0.15) is 5.26 Å². The summed E-state index contributed by atoms with van der Waals surface area (Å²) in [6.07, 6.45) is 3.20. The van der Waals surface area contributed by atoms with Gasteiger partial charge in [0.1, 0.15) is 23.2 Å². The van der Waals surface area contributed by atoms with Crippen molar-refractivity contribution in [2.75, 3.05) is 11.1 Å². The van der Waals surface area contributed by atoms with Crippen LogP contribution in [0.25, 0.3) is 0 Å². The SMILES string of the molecule is N#Cc1ccsc1NC(=O)CSc1nncn1Cc1ccco1. The minimum absolute atomic E-state index is 0.180. The van der Waals surface area contributed by atoms with Crippen LogP contribution in [0.4, 0.5) is 5.00 Å². The van der Waals surface area contributed by atoms with Crippen LogP contribution in [0.5, 0.6) is 0 Å². The lowest BCUT2D eigenvalue weighted by Crippen LogP contribution is -2.14. The fourth-order valence-corrected chi connectivity index (χ4v) is 3.29. The molecule has 9 heteroatoms. The second-order valence-electron chi connectivity index (χ2n) is 4.43. The maximum Gasteiger partial charge on any atom is 0.235 e. The summed E-state index contributed by atoms with van der Waals surface area (Å²) in [6, 6.07) is 7.39. The molecule has 1 amide bonds. The third-order valence-electron chi connectivity index (χ3n) is 2.86. The summed E-state index contributed by atoms with van der Waals surface area (Å²) in [5.74, 6) is 0.773. The van der Waals surface area contributed by atoms with Crippen molar-refractivity contribution in [1.82, 2.24) is 14.8 Å². The van der Waals surface area contributed by atoms with Crippen LogP contribution >= 0.6 is 23.1 Å². The lowest BCUT2D eigenvalue weighted by atomic mass is 10.3.